The monoisotopic (exact) mass is 424 g/mol. The number of hydrogen-bond donors (Lipinski definition) is 1. The highest BCUT2D eigenvalue weighted by molar-refractivity contribution is 7.91. The summed E-state index contributed by atoms with van der Waals surface area (Å²) in [7, 11) is -3.81. The van der Waals surface area contributed by atoms with Crippen LogP contribution in [0.5, 0.6) is 5.75 Å². The number of sulfone groups is 1. The molecule has 0 unspecified atom stereocenters. The predicted octanol–water partition coefficient (Wildman–Crippen LogP) is 4.78. The van der Waals surface area contributed by atoms with E-state index in [1.54, 1.807) is 87.5 Å². The van der Waals surface area contributed by atoms with Gasteiger partial charge in [-0.1, -0.05) is 42.5 Å². The van der Waals surface area contributed by atoms with E-state index >= 15 is 0 Å². The van der Waals surface area contributed by atoms with Gasteiger partial charge in [0.05, 0.1) is 16.2 Å². The molecular formula is C24H24O5S. The van der Waals surface area contributed by atoms with Crippen LogP contribution in [-0.2, 0) is 25.8 Å². The largest absolute Gasteiger partial charge is 0.508 e. The lowest BCUT2D eigenvalue weighted by molar-refractivity contribution is -0.153. The van der Waals surface area contributed by atoms with E-state index in [2.05, 4.69) is 0 Å². The first-order valence-electron chi connectivity index (χ1n) is 9.50. The molecule has 0 amide bonds. The molecule has 0 atom stereocenters. The summed E-state index contributed by atoms with van der Waals surface area (Å²) in [6, 6.07) is 19.7. The van der Waals surface area contributed by atoms with Crippen molar-refractivity contribution in [2.24, 2.45) is 0 Å². The van der Waals surface area contributed by atoms with Crippen molar-refractivity contribution in [1.29, 1.82) is 0 Å². The summed E-state index contributed by atoms with van der Waals surface area (Å²) in [6.07, 6.45) is -0.127. The fourth-order valence-electron chi connectivity index (χ4n) is 3.05. The predicted molar refractivity (Wildman–Crippen MR) is 115 cm³/mol. The minimum absolute atomic E-state index is 0.0910. The molecule has 0 spiro atoms. The third-order valence-electron chi connectivity index (χ3n) is 4.38. The fraction of sp³-hybridized carbons (Fsp3) is 0.208. The fourth-order valence-corrected chi connectivity index (χ4v) is 4.54. The molecule has 5 nitrogen and oxygen atoms in total. The van der Waals surface area contributed by atoms with Gasteiger partial charge in [0.2, 0.25) is 9.84 Å². The average Bonchev–Trinajstić information content (AvgIpc) is 2.67. The van der Waals surface area contributed by atoms with E-state index < -0.39 is 21.4 Å². The Morgan fingerprint density at radius 1 is 0.867 bits per heavy atom. The van der Waals surface area contributed by atoms with Crippen molar-refractivity contribution < 1.29 is 23.1 Å². The quantitative estimate of drug-likeness (QED) is 0.597. The van der Waals surface area contributed by atoms with Gasteiger partial charge in [0.1, 0.15) is 11.4 Å². The van der Waals surface area contributed by atoms with Crippen LogP contribution < -0.4 is 0 Å². The number of carbonyl (C=O) groups is 1. The second kappa shape index (κ2) is 8.32. The van der Waals surface area contributed by atoms with Gasteiger partial charge in [-0.2, -0.15) is 0 Å². The number of phenolic OH excluding ortho intramolecular Hbond substituents is 1. The topological polar surface area (TPSA) is 80.7 Å². The Hall–Kier alpha value is -3.12. The summed E-state index contributed by atoms with van der Waals surface area (Å²) in [6.45, 7) is 5.30. The van der Waals surface area contributed by atoms with E-state index in [1.165, 1.54) is 6.07 Å². The van der Waals surface area contributed by atoms with Gasteiger partial charge in [0, 0.05) is 0 Å². The Morgan fingerprint density at radius 2 is 1.40 bits per heavy atom. The van der Waals surface area contributed by atoms with Gasteiger partial charge in [0.15, 0.2) is 0 Å². The molecule has 0 aliphatic carbocycles. The molecule has 0 fully saturated rings. The molecule has 1 N–H and O–H groups in total. The number of ether oxygens (including phenoxy) is 1. The number of esters is 1. The van der Waals surface area contributed by atoms with Crippen LogP contribution in [0.3, 0.4) is 0 Å². The van der Waals surface area contributed by atoms with Crippen LogP contribution in [0.15, 0.2) is 82.6 Å². The van der Waals surface area contributed by atoms with Crippen molar-refractivity contribution in [3.63, 3.8) is 0 Å². The van der Waals surface area contributed by atoms with Gasteiger partial charge in [-0.25, -0.2) is 8.42 Å². The first kappa shape index (κ1) is 21.6. The molecule has 156 valence electrons. The summed E-state index contributed by atoms with van der Waals surface area (Å²) >= 11 is 0. The molecule has 0 saturated carbocycles. The number of rotatable bonds is 5. The standard InChI is InChI=1S/C24H24O5S/c1-24(2,3)29-23(26)16-19-6-4-5-7-22(19)30(27,28)21-14-10-18(11-15-21)17-8-12-20(25)13-9-17/h4-15,25H,16H2,1-3H3. The first-order chi connectivity index (χ1) is 14.1. The van der Waals surface area contributed by atoms with Crippen molar-refractivity contribution in [2.75, 3.05) is 0 Å². The van der Waals surface area contributed by atoms with Gasteiger partial charge in [-0.05, 0) is 67.8 Å². The van der Waals surface area contributed by atoms with Gasteiger partial charge in [-0.3, -0.25) is 4.79 Å². The van der Waals surface area contributed by atoms with Gasteiger partial charge < -0.3 is 9.84 Å². The summed E-state index contributed by atoms with van der Waals surface area (Å²) in [5, 5.41) is 9.42. The van der Waals surface area contributed by atoms with Crippen LogP contribution in [-0.4, -0.2) is 25.1 Å². The molecule has 0 heterocycles. The number of aromatic hydroxyl groups is 1. The lowest BCUT2D eigenvalue weighted by Crippen LogP contribution is -2.25. The van der Waals surface area contributed by atoms with Crippen molar-refractivity contribution in [1.82, 2.24) is 0 Å². The molecule has 0 bridgehead atoms. The van der Waals surface area contributed by atoms with Crippen molar-refractivity contribution in [3.8, 4) is 16.9 Å². The zero-order valence-corrected chi connectivity index (χ0v) is 17.9. The molecule has 0 aromatic heterocycles. The van der Waals surface area contributed by atoms with Crippen LogP contribution in [0.4, 0.5) is 0 Å². The van der Waals surface area contributed by atoms with E-state index in [0.717, 1.165) is 11.1 Å². The molecule has 3 rings (SSSR count). The van der Waals surface area contributed by atoms with Crippen molar-refractivity contribution >= 4 is 15.8 Å². The maximum Gasteiger partial charge on any atom is 0.310 e. The van der Waals surface area contributed by atoms with E-state index in [1.807, 2.05) is 0 Å². The molecule has 3 aromatic rings. The number of hydrogen-bond acceptors (Lipinski definition) is 5. The van der Waals surface area contributed by atoms with Crippen LogP contribution in [0.25, 0.3) is 11.1 Å². The second-order valence-electron chi connectivity index (χ2n) is 7.95. The van der Waals surface area contributed by atoms with Crippen LogP contribution in [0, 0.1) is 0 Å². The SMILES string of the molecule is CC(C)(C)OC(=O)Cc1ccccc1S(=O)(=O)c1ccc(-c2ccc(O)cc2)cc1. The highest BCUT2D eigenvalue weighted by atomic mass is 32.2. The minimum Gasteiger partial charge on any atom is -0.508 e. The third kappa shape index (κ3) is 5.07. The van der Waals surface area contributed by atoms with E-state index in [-0.39, 0.29) is 22.0 Å². The smallest absolute Gasteiger partial charge is 0.310 e. The Labute approximate surface area is 176 Å². The van der Waals surface area contributed by atoms with Gasteiger partial charge in [-0.15, -0.1) is 0 Å². The highest BCUT2D eigenvalue weighted by Gasteiger charge is 2.24. The lowest BCUT2D eigenvalue weighted by atomic mass is 10.1. The minimum atomic E-state index is -3.81. The molecule has 6 heteroatoms. The number of carbonyl (C=O) groups excluding carboxylic acids is 1. The van der Waals surface area contributed by atoms with Crippen LogP contribution in [0.1, 0.15) is 26.3 Å². The first-order valence-corrected chi connectivity index (χ1v) is 11.0. The highest BCUT2D eigenvalue weighted by Crippen LogP contribution is 2.28. The molecule has 0 saturated heterocycles. The number of phenols is 1. The lowest BCUT2D eigenvalue weighted by Gasteiger charge is -2.20. The zero-order valence-electron chi connectivity index (χ0n) is 17.1. The Morgan fingerprint density at radius 3 is 1.97 bits per heavy atom. The molecule has 0 radical (unpaired) electrons. The Bertz CT molecular complexity index is 1140. The van der Waals surface area contributed by atoms with E-state index in [9.17, 15) is 18.3 Å². The Balaban J connectivity index is 1.90. The summed E-state index contributed by atoms with van der Waals surface area (Å²) < 4.78 is 31.8. The normalized spacial score (nSPS) is 11.8. The van der Waals surface area contributed by atoms with Crippen LogP contribution in [0.2, 0.25) is 0 Å². The van der Waals surface area contributed by atoms with Crippen LogP contribution >= 0.6 is 0 Å². The molecule has 0 aliphatic heterocycles. The maximum atomic E-state index is 13.2. The van der Waals surface area contributed by atoms with Crippen molar-refractivity contribution in [3.05, 3.63) is 78.4 Å². The maximum absolute atomic E-state index is 13.2. The number of benzene rings is 3. The summed E-state index contributed by atoms with van der Waals surface area (Å²) in [4.78, 5) is 12.5. The molecule has 0 aliphatic rings. The van der Waals surface area contributed by atoms with E-state index in [0.29, 0.717) is 5.56 Å². The average molecular weight is 425 g/mol. The van der Waals surface area contributed by atoms with E-state index in [4.69, 9.17) is 4.74 Å². The van der Waals surface area contributed by atoms with Gasteiger partial charge in [0.25, 0.3) is 0 Å². The summed E-state index contributed by atoms with van der Waals surface area (Å²) in [5.41, 5.74) is 1.45. The van der Waals surface area contributed by atoms with Gasteiger partial charge >= 0.3 is 5.97 Å². The third-order valence-corrected chi connectivity index (χ3v) is 6.25. The summed E-state index contributed by atoms with van der Waals surface area (Å²) in [5.74, 6) is -0.313. The molecule has 3 aromatic carbocycles. The van der Waals surface area contributed by atoms with Crippen molar-refractivity contribution in [2.45, 2.75) is 42.6 Å². The molecular weight excluding hydrogens is 400 g/mol. The Kier molecular flexibility index (Phi) is 5.99. The second-order valence-corrected chi connectivity index (χ2v) is 9.86. The zero-order chi connectivity index (χ0) is 21.9. The molecule has 30 heavy (non-hydrogen) atoms.